The van der Waals surface area contributed by atoms with Gasteiger partial charge in [-0.1, -0.05) is 31.6 Å². The van der Waals surface area contributed by atoms with Gasteiger partial charge in [0.05, 0.1) is 0 Å². The van der Waals surface area contributed by atoms with Gasteiger partial charge in [-0.15, -0.1) is 0 Å². The molecule has 14 heavy (non-hydrogen) atoms. The molecule has 0 N–H and O–H groups in total. The van der Waals surface area contributed by atoms with Crippen molar-refractivity contribution in [2.24, 2.45) is 11.8 Å². The second-order valence-electron chi connectivity index (χ2n) is 4.60. The molecule has 1 heteroatoms. The minimum atomic E-state index is 0.765. The highest BCUT2D eigenvalue weighted by Crippen LogP contribution is 2.58. The smallest absolute Gasteiger partial charge is 0.0156 e. The summed E-state index contributed by atoms with van der Waals surface area (Å²) in [5, 5.41) is 0. The molecule has 0 nitrogen and oxygen atoms in total. The summed E-state index contributed by atoms with van der Waals surface area (Å²) >= 11 is 5.32. The Hall–Kier alpha value is -0.430. The van der Waals surface area contributed by atoms with E-state index in [4.69, 9.17) is 12.2 Å². The van der Waals surface area contributed by atoms with Crippen LogP contribution in [0.15, 0.2) is 22.3 Å². The van der Waals surface area contributed by atoms with Gasteiger partial charge < -0.3 is 0 Å². The predicted molar refractivity (Wildman–Crippen MR) is 65.6 cm³/mol. The highest BCUT2D eigenvalue weighted by molar-refractivity contribution is 7.80. The summed E-state index contributed by atoms with van der Waals surface area (Å²) < 4.78 is 0. The van der Waals surface area contributed by atoms with Crippen LogP contribution in [0.2, 0.25) is 0 Å². The maximum Gasteiger partial charge on any atom is 0.0156 e. The Balaban J connectivity index is 2.43. The normalized spacial score (nSPS) is 33.1. The molecule has 0 aromatic rings. The summed E-state index contributed by atoms with van der Waals surface area (Å²) in [6.07, 6.45) is 2.42. The lowest BCUT2D eigenvalue weighted by Gasteiger charge is -2.51. The molecule has 1 saturated carbocycles. The minimum Gasteiger partial charge on any atom is -0.0849 e. The van der Waals surface area contributed by atoms with E-state index in [0.29, 0.717) is 0 Å². The first-order valence-electron chi connectivity index (χ1n) is 5.51. The Bertz CT molecular complexity index is 357. The Kier molecular flexibility index (Phi) is 2.38. The zero-order chi connectivity index (χ0) is 10.5. The standard InChI is InChI=1S/C13H18S/c1-5-10(9(4)14)13-8(3)11-6-7(2)12(11)13/h8,11H,5-6H2,1-4H3/b13-10+. The number of hydrogen-bond donors (Lipinski definition) is 0. The van der Waals surface area contributed by atoms with E-state index in [-0.39, 0.29) is 0 Å². The molecular weight excluding hydrogens is 188 g/mol. The molecule has 0 bridgehead atoms. The summed E-state index contributed by atoms with van der Waals surface area (Å²) in [6.45, 7) is 8.90. The van der Waals surface area contributed by atoms with Crippen LogP contribution in [0.4, 0.5) is 0 Å². The summed E-state index contributed by atoms with van der Waals surface area (Å²) in [4.78, 5) is 1.10. The fourth-order valence-electron chi connectivity index (χ4n) is 3.00. The predicted octanol–water partition coefficient (Wildman–Crippen LogP) is 4.07. The first-order chi connectivity index (χ1) is 6.57. The van der Waals surface area contributed by atoms with Crippen molar-refractivity contribution in [1.82, 2.24) is 0 Å². The van der Waals surface area contributed by atoms with Crippen LogP contribution in [0.5, 0.6) is 0 Å². The third-order valence-corrected chi connectivity index (χ3v) is 4.06. The molecule has 2 rings (SSSR count). The lowest BCUT2D eigenvalue weighted by Crippen LogP contribution is -2.39. The molecular formula is C13H18S. The molecule has 0 spiro atoms. The SMILES string of the molecule is CC/C(C(C)=S)=C1\C2=C(C)CC2C1C. The molecule has 0 aliphatic heterocycles. The van der Waals surface area contributed by atoms with Crippen molar-refractivity contribution in [3.63, 3.8) is 0 Å². The Morgan fingerprint density at radius 3 is 2.57 bits per heavy atom. The molecule has 0 aromatic heterocycles. The summed E-state index contributed by atoms with van der Waals surface area (Å²) in [5.41, 5.74) is 6.29. The van der Waals surface area contributed by atoms with Crippen LogP contribution in [0, 0.1) is 11.8 Å². The van der Waals surface area contributed by atoms with Crippen LogP contribution in [-0.4, -0.2) is 4.86 Å². The van der Waals surface area contributed by atoms with E-state index < -0.39 is 0 Å². The van der Waals surface area contributed by atoms with Crippen molar-refractivity contribution in [2.75, 3.05) is 0 Å². The Morgan fingerprint density at radius 1 is 1.50 bits per heavy atom. The fourth-order valence-corrected chi connectivity index (χ4v) is 3.25. The molecule has 0 radical (unpaired) electrons. The van der Waals surface area contributed by atoms with Gasteiger partial charge in [-0.2, -0.15) is 0 Å². The summed E-state index contributed by atoms with van der Waals surface area (Å²) in [6, 6.07) is 0. The van der Waals surface area contributed by atoms with Crippen molar-refractivity contribution < 1.29 is 0 Å². The second-order valence-corrected chi connectivity index (χ2v) is 5.21. The van der Waals surface area contributed by atoms with Crippen molar-refractivity contribution in [3.8, 4) is 0 Å². The van der Waals surface area contributed by atoms with Crippen LogP contribution in [-0.2, 0) is 0 Å². The minimum absolute atomic E-state index is 0.765. The van der Waals surface area contributed by atoms with Gasteiger partial charge >= 0.3 is 0 Å². The highest BCUT2D eigenvalue weighted by atomic mass is 32.1. The van der Waals surface area contributed by atoms with E-state index in [9.17, 15) is 0 Å². The molecule has 2 atom stereocenters. The monoisotopic (exact) mass is 206 g/mol. The van der Waals surface area contributed by atoms with Gasteiger partial charge in [0.15, 0.2) is 0 Å². The van der Waals surface area contributed by atoms with Gasteiger partial charge in [0, 0.05) is 4.86 Å². The molecule has 0 saturated heterocycles. The number of rotatable bonds is 2. The van der Waals surface area contributed by atoms with Crippen molar-refractivity contribution in [3.05, 3.63) is 22.3 Å². The van der Waals surface area contributed by atoms with Crippen LogP contribution in [0.25, 0.3) is 0 Å². The molecule has 2 aliphatic carbocycles. The molecule has 0 aromatic carbocycles. The van der Waals surface area contributed by atoms with Gasteiger partial charge in [-0.25, -0.2) is 0 Å². The molecule has 0 heterocycles. The van der Waals surface area contributed by atoms with Gasteiger partial charge in [-0.3, -0.25) is 0 Å². The fraction of sp³-hybridized carbons (Fsp3) is 0.615. The Morgan fingerprint density at radius 2 is 2.14 bits per heavy atom. The molecule has 76 valence electrons. The lowest BCUT2D eigenvalue weighted by molar-refractivity contribution is 0.335. The van der Waals surface area contributed by atoms with E-state index in [0.717, 1.165) is 23.1 Å². The quantitative estimate of drug-likeness (QED) is 0.485. The molecule has 1 fully saturated rings. The molecule has 2 unspecified atom stereocenters. The zero-order valence-corrected chi connectivity index (χ0v) is 10.3. The zero-order valence-electron chi connectivity index (χ0n) is 9.48. The van der Waals surface area contributed by atoms with Gasteiger partial charge in [0.25, 0.3) is 0 Å². The van der Waals surface area contributed by atoms with E-state index in [1.54, 1.807) is 16.7 Å². The number of allylic oxidation sites excluding steroid dienone is 4. The van der Waals surface area contributed by atoms with Crippen molar-refractivity contribution in [2.45, 2.75) is 40.5 Å². The lowest BCUT2D eigenvalue weighted by atomic mass is 9.54. The topological polar surface area (TPSA) is 0 Å². The summed E-state index contributed by atoms with van der Waals surface area (Å²) in [7, 11) is 0. The number of hydrogen-bond acceptors (Lipinski definition) is 1. The first-order valence-corrected chi connectivity index (χ1v) is 5.92. The van der Waals surface area contributed by atoms with Crippen molar-refractivity contribution >= 4 is 17.1 Å². The van der Waals surface area contributed by atoms with Crippen LogP contribution in [0.1, 0.15) is 40.5 Å². The number of thiocarbonyl (C=S) groups is 1. The van der Waals surface area contributed by atoms with E-state index in [1.807, 2.05) is 0 Å². The summed E-state index contributed by atoms with van der Waals surface area (Å²) in [5.74, 6) is 1.64. The highest BCUT2D eigenvalue weighted by Gasteiger charge is 2.46. The van der Waals surface area contributed by atoms with Gasteiger partial charge in [0.2, 0.25) is 0 Å². The van der Waals surface area contributed by atoms with E-state index in [2.05, 4.69) is 27.7 Å². The molecule has 0 amide bonds. The Labute approximate surface area is 92.1 Å². The average Bonchev–Trinajstić information content (AvgIpc) is 2.12. The average molecular weight is 206 g/mol. The maximum absolute atomic E-state index is 5.32. The van der Waals surface area contributed by atoms with Gasteiger partial charge in [-0.05, 0) is 55.2 Å². The maximum atomic E-state index is 5.32. The van der Waals surface area contributed by atoms with Crippen LogP contribution < -0.4 is 0 Å². The number of fused-ring (bicyclic) bond motifs is 1. The van der Waals surface area contributed by atoms with E-state index in [1.165, 1.54) is 12.0 Å². The van der Waals surface area contributed by atoms with Crippen LogP contribution >= 0.6 is 12.2 Å². The first kappa shape index (κ1) is 10.1. The third-order valence-electron chi connectivity index (χ3n) is 3.81. The van der Waals surface area contributed by atoms with Crippen LogP contribution in [0.3, 0.4) is 0 Å². The molecule has 2 aliphatic rings. The van der Waals surface area contributed by atoms with E-state index >= 15 is 0 Å². The largest absolute Gasteiger partial charge is 0.0849 e. The van der Waals surface area contributed by atoms with Gasteiger partial charge in [0.1, 0.15) is 0 Å². The van der Waals surface area contributed by atoms with Crippen molar-refractivity contribution in [1.29, 1.82) is 0 Å². The second kappa shape index (κ2) is 3.30. The third kappa shape index (κ3) is 1.15.